The van der Waals surface area contributed by atoms with Crippen molar-refractivity contribution in [2.45, 2.75) is 142 Å². The molecule has 33 heavy (non-hydrogen) atoms. The predicted octanol–water partition coefficient (Wildman–Crippen LogP) is 7.89. The van der Waals surface area contributed by atoms with Crippen LogP contribution in [-0.2, 0) is 9.53 Å². The van der Waals surface area contributed by atoms with Crippen LogP contribution >= 0.6 is 0 Å². The van der Waals surface area contributed by atoms with Gasteiger partial charge in [0.05, 0.1) is 6.54 Å². The third kappa shape index (κ3) is 29.4. The van der Waals surface area contributed by atoms with Gasteiger partial charge in [0, 0.05) is 19.8 Å². The fourth-order valence-corrected chi connectivity index (χ4v) is 4.31. The van der Waals surface area contributed by atoms with Gasteiger partial charge in [-0.2, -0.15) is 0 Å². The highest BCUT2D eigenvalue weighted by Gasteiger charge is 2.01. The maximum Gasteiger partial charge on any atom is 0.234 e. The van der Waals surface area contributed by atoms with Crippen molar-refractivity contribution in [2.75, 3.05) is 40.4 Å². The van der Waals surface area contributed by atoms with E-state index in [0.717, 1.165) is 19.6 Å². The largest absolute Gasteiger partial charge is 0.381 e. The Kier molecular flexibility index (Phi) is 27.1. The van der Waals surface area contributed by atoms with E-state index in [9.17, 15) is 4.79 Å². The van der Waals surface area contributed by atoms with Gasteiger partial charge in [0.15, 0.2) is 0 Å². The molecule has 1 N–H and O–H groups in total. The number of hydrogen-bond donors (Lipinski definition) is 1. The molecule has 0 saturated heterocycles. The lowest BCUT2D eigenvalue weighted by molar-refractivity contribution is -0.121. The standard InChI is InChI=1S/C29H60N2O2/c1-4-5-6-7-8-9-10-11-12-13-14-15-16-17-18-19-20-21-22-23-26-33-27-24-25-30-29(32)28-31(2)3/h4-28H2,1-3H3,(H,30,32). The Labute approximate surface area is 208 Å². The monoisotopic (exact) mass is 468 g/mol. The first-order valence-corrected chi connectivity index (χ1v) is 14.7. The zero-order valence-corrected chi connectivity index (χ0v) is 22.9. The zero-order valence-electron chi connectivity index (χ0n) is 22.9. The summed E-state index contributed by atoms with van der Waals surface area (Å²) in [6.07, 6.45) is 29.2. The number of unbranched alkanes of at least 4 members (excludes halogenated alkanes) is 19. The summed E-state index contributed by atoms with van der Waals surface area (Å²) < 4.78 is 5.67. The fourth-order valence-electron chi connectivity index (χ4n) is 4.31. The highest BCUT2D eigenvalue weighted by atomic mass is 16.5. The van der Waals surface area contributed by atoms with Crippen LogP contribution in [0.15, 0.2) is 0 Å². The van der Waals surface area contributed by atoms with Crippen molar-refractivity contribution in [1.29, 1.82) is 0 Å². The van der Waals surface area contributed by atoms with Crippen molar-refractivity contribution in [2.24, 2.45) is 0 Å². The van der Waals surface area contributed by atoms with E-state index in [2.05, 4.69) is 12.2 Å². The molecule has 0 aromatic rings. The summed E-state index contributed by atoms with van der Waals surface area (Å²) in [6.45, 7) is 5.08. The first-order valence-electron chi connectivity index (χ1n) is 14.7. The molecule has 4 heteroatoms. The van der Waals surface area contributed by atoms with E-state index in [4.69, 9.17) is 4.74 Å². The summed E-state index contributed by atoms with van der Waals surface area (Å²) in [7, 11) is 3.81. The molecule has 0 rings (SSSR count). The third-order valence-electron chi connectivity index (χ3n) is 6.39. The Morgan fingerprint density at radius 1 is 0.576 bits per heavy atom. The van der Waals surface area contributed by atoms with Crippen molar-refractivity contribution >= 4 is 5.91 Å². The molecule has 0 aromatic heterocycles. The van der Waals surface area contributed by atoms with Crippen LogP contribution in [-0.4, -0.2) is 51.2 Å². The Morgan fingerprint density at radius 3 is 1.33 bits per heavy atom. The van der Waals surface area contributed by atoms with Crippen molar-refractivity contribution < 1.29 is 9.53 Å². The van der Waals surface area contributed by atoms with Crippen LogP contribution in [0.5, 0.6) is 0 Å². The summed E-state index contributed by atoms with van der Waals surface area (Å²) in [5, 5.41) is 2.92. The fraction of sp³-hybridized carbons (Fsp3) is 0.966. The van der Waals surface area contributed by atoms with Crippen LogP contribution in [0, 0.1) is 0 Å². The quantitative estimate of drug-likeness (QED) is 0.125. The van der Waals surface area contributed by atoms with Crippen LogP contribution in [0.3, 0.4) is 0 Å². The molecule has 0 aromatic carbocycles. The highest BCUT2D eigenvalue weighted by molar-refractivity contribution is 5.77. The molecule has 0 fully saturated rings. The van der Waals surface area contributed by atoms with Gasteiger partial charge in [-0.05, 0) is 26.9 Å². The van der Waals surface area contributed by atoms with Crippen molar-refractivity contribution in [1.82, 2.24) is 10.2 Å². The van der Waals surface area contributed by atoms with Crippen LogP contribution < -0.4 is 5.32 Å². The molecule has 198 valence electrons. The van der Waals surface area contributed by atoms with Gasteiger partial charge in [-0.15, -0.1) is 0 Å². The van der Waals surface area contributed by atoms with E-state index in [0.29, 0.717) is 13.1 Å². The topological polar surface area (TPSA) is 41.6 Å². The number of likely N-dealkylation sites (N-methyl/N-ethyl adjacent to an activating group) is 1. The lowest BCUT2D eigenvalue weighted by Gasteiger charge is -2.10. The van der Waals surface area contributed by atoms with Gasteiger partial charge < -0.3 is 15.0 Å². The number of carbonyl (C=O) groups is 1. The van der Waals surface area contributed by atoms with Gasteiger partial charge in [0.1, 0.15) is 0 Å². The van der Waals surface area contributed by atoms with Gasteiger partial charge >= 0.3 is 0 Å². The molecule has 0 atom stereocenters. The number of carbonyl (C=O) groups excluding carboxylic acids is 1. The molecule has 0 heterocycles. The minimum absolute atomic E-state index is 0.0917. The van der Waals surface area contributed by atoms with E-state index in [-0.39, 0.29) is 5.91 Å². The number of nitrogens with one attached hydrogen (secondary N) is 1. The highest BCUT2D eigenvalue weighted by Crippen LogP contribution is 2.14. The number of rotatable bonds is 27. The van der Waals surface area contributed by atoms with E-state index in [1.54, 1.807) is 0 Å². The number of nitrogens with zero attached hydrogens (tertiary/aromatic N) is 1. The van der Waals surface area contributed by atoms with Gasteiger partial charge in [0.2, 0.25) is 5.91 Å². The minimum atomic E-state index is 0.0917. The molecular formula is C29H60N2O2. The average Bonchev–Trinajstić information content (AvgIpc) is 2.78. The molecular weight excluding hydrogens is 408 g/mol. The second kappa shape index (κ2) is 27.6. The number of ether oxygens (including phenoxy) is 1. The molecule has 1 amide bonds. The van der Waals surface area contributed by atoms with Crippen LogP contribution in [0.4, 0.5) is 0 Å². The number of amides is 1. The maximum absolute atomic E-state index is 11.5. The van der Waals surface area contributed by atoms with Crippen LogP contribution in [0.1, 0.15) is 142 Å². The van der Waals surface area contributed by atoms with Gasteiger partial charge in [-0.3, -0.25) is 4.79 Å². The smallest absolute Gasteiger partial charge is 0.234 e. The second-order valence-corrected chi connectivity index (χ2v) is 10.3. The lowest BCUT2D eigenvalue weighted by atomic mass is 10.0. The normalized spacial score (nSPS) is 11.4. The molecule has 0 aliphatic heterocycles. The van der Waals surface area contributed by atoms with E-state index in [1.165, 1.54) is 128 Å². The predicted molar refractivity (Wildman–Crippen MR) is 145 cm³/mol. The molecule has 0 bridgehead atoms. The van der Waals surface area contributed by atoms with Gasteiger partial charge in [-0.1, -0.05) is 129 Å². The first kappa shape index (κ1) is 32.4. The van der Waals surface area contributed by atoms with Crippen molar-refractivity contribution in [3.05, 3.63) is 0 Å². The molecule has 0 radical (unpaired) electrons. The Balaban J connectivity index is 3.06. The summed E-state index contributed by atoms with van der Waals surface area (Å²) in [5.74, 6) is 0.0917. The molecule has 0 spiro atoms. The maximum atomic E-state index is 11.5. The van der Waals surface area contributed by atoms with Gasteiger partial charge in [0.25, 0.3) is 0 Å². The molecule has 4 nitrogen and oxygen atoms in total. The lowest BCUT2D eigenvalue weighted by Crippen LogP contribution is -2.34. The second-order valence-electron chi connectivity index (χ2n) is 10.3. The van der Waals surface area contributed by atoms with Crippen LogP contribution in [0.2, 0.25) is 0 Å². The number of hydrogen-bond acceptors (Lipinski definition) is 3. The minimum Gasteiger partial charge on any atom is -0.381 e. The Morgan fingerprint density at radius 2 is 0.939 bits per heavy atom. The SMILES string of the molecule is CCCCCCCCCCCCCCCCCCCCCCOCCCNC(=O)CN(C)C. The molecule has 0 unspecified atom stereocenters. The molecule has 0 aliphatic rings. The van der Waals surface area contributed by atoms with E-state index < -0.39 is 0 Å². The van der Waals surface area contributed by atoms with Gasteiger partial charge in [-0.25, -0.2) is 0 Å². The summed E-state index contributed by atoms with van der Waals surface area (Å²) in [6, 6.07) is 0. The van der Waals surface area contributed by atoms with Crippen molar-refractivity contribution in [3.63, 3.8) is 0 Å². The Bertz CT molecular complexity index is 388. The van der Waals surface area contributed by atoms with E-state index in [1.807, 2.05) is 19.0 Å². The summed E-state index contributed by atoms with van der Waals surface area (Å²) >= 11 is 0. The first-order chi connectivity index (χ1) is 16.2. The Hall–Kier alpha value is -0.610. The molecule has 0 saturated carbocycles. The average molecular weight is 469 g/mol. The van der Waals surface area contributed by atoms with E-state index >= 15 is 0 Å². The zero-order chi connectivity index (χ0) is 24.2. The summed E-state index contributed by atoms with van der Waals surface area (Å²) in [5.41, 5.74) is 0. The summed E-state index contributed by atoms with van der Waals surface area (Å²) in [4.78, 5) is 13.4. The van der Waals surface area contributed by atoms with Crippen LogP contribution in [0.25, 0.3) is 0 Å². The third-order valence-corrected chi connectivity index (χ3v) is 6.39. The molecule has 0 aliphatic carbocycles. The van der Waals surface area contributed by atoms with Crippen molar-refractivity contribution in [3.8, 4) is 0 Å².